The minimum Gasteiger partial charge on any atom is -0.480 e. The van der Waals surface area contributed by atoms with Gasteiger partial charge in [-0.1, -0.05) is 36.6 Å². The fraction of sp³-hybridized carbons (Fsp3) is 0.562. The van der Waals surface area contributed by atoms with Crippen LogP contribution in [-0.2, 0) is 14.6 Å². The lowest BCUT2D eigenvalue weighted by Gasteiger charge is -2.25. The SMILES string of the molecule is O=C(O)CS(=O)(=O)CCNC(c1ccc(Cl)cc1)C1CCCC1. The molecule has 0 spiro atoms. The van der Waals surface area contributed by atoms with E-state index in [4.69, 9.17) is 16.7 Å². The average Bonchev–Trinajstić information content (AvgIpc) is 2.97. The van der Waals surface area contributed by atoms with Crippen molar-refractivity contribution in [2.75, 3.05) is 18.1 Å². The number of carboxylic acids is 1. The summed E-state index contributed by atoms with van der Waals surface area (Å²) in [6, 6.07) is 7.67. The summed E-state index contributed by atoms with van der Waals surface area (Å²) in [5, 5.41) is 12.6. The van der Waals surface area contributed by atoms with Crippen LogP contribution in [0.5, 0.6) is 0 Å². The van der Waals surface area contributed by atoms with Crippen molar-refractivity contribution in [3.05, 3.63) is 34.9 Å². The first-order chi connectivity index (χ1) is 10.9. The maximum absolute atomic E-state index is 11.7. The van der Waals surface area contributed by atoms with Gasteiger partial charge in [0.1, 0.15) is 5.75 Å². The Morgan fingerprint density at radius 2 is 1.87 bits per heavy atom. The first-order valence-electron chi connectivity index (χ1n) is 7.78. The summed E-state index contributed by atoms with van der Waals surface area (Å²) >= 11 is 5.93. The Kier molecular flexibility index (Phi) is 6.44. The van der Waals surface area contributed by atoms with Crippen molar-refractivity contribution in [1.29, 1.82) is 0 Å². The lowest BCUT2D eigenvalue weighted by atomic mass is 9.91. The molecule has 1 aromatic carbocycles. The Morgan fingerprint density at radius 1 is 1.26 bits per heavy atom. The maximum Gasteiger partial charge on any atom is 0.318 e. The predicted molar refractivity (Wildman–Crippen MR) is 90.4 cm³/mol. The zero-order chi connectivity index (χ0) is 16.9. The number of nitrogens with one attached hydrogen (secondary N) is 1. The molecule has 0 amide bonds. The third kappa shape index (κ3) is 5.79. The molecule has 1 aliphatic carbocycles. The highest BCUT2D eigenvalue weighted by molar-refractivity contribution is 7.92. The van der Waals surface area contributed by atoms with E-state index >= 15 is 0 Å². The summed E-state index contributed by atoms with van der Waals surface area (Å²) in [5.41, 5.74) is 1.09. The second-order valence-electron chi connectivity index (χ2n) is 6.01. The van der Waals surface area contributed by atoms with Gasteiger partial charge in [-0.2, -0.15) is 0 Å². The van der Waals surface area contributed by atoms with Crippen LogP contribution in [0.25, 0.3) is 0 Å². The number of hydrogen-bond acceptors (Lipinski definition) is 4. The molecule has 2 N–H and O–H groups in total. The van der Waals surface area contributed by atoms with Crippen LogP contribution in [0.15, 0.2) is 24.3 Å². The van der Waals surface area contributed by atoms with E-state index < -0.39 is 21.6 Å². The number of carboxylic acid groups (broad SMARTS) is 1. The summed E-state index contributed by atoms with van der Waals surface area (Å²) in [7, 11) is -3.57. The van der Waals surface area contributed by atoms with E-state index in [0.29, 0.717) is 10.9 Å². The smallest absolute Gasteiger partial charge is 0.318 e. The zero-order valence-corrected chi connectivity index (χ0v) is 14.4. The molecular formula is C16H22ClNO4S. The molecule has 7 heteroatoms. The molecule has 0 bridgehead atoms. The second-order valence-corrected chi connectivity index (χ2v) is 8.63. The maximum atomic E-state index is 11.7. The molecule has 23 heavy (non-hydrogen) atoms. The van der Waals surface area contributed by atoms with Crippen molar-refractivity contribution in [1.82, 2.24) is 5.32 Å². The first kappa shape index (κ1) is 18.2. The molecule has 1 saturated carbocycles. The van der Waals surface area contributed by atoms with Crippen molar-refractivity contribution < 1.29 is 18.3 Å². The van der Waals surface area contributed by atoms with Crippen LogP contribution >= 0.6 is 11.6 Å². The van der Waals surface area contributed by atoms with Gasteiger partial charge in [-0.15, -0.1) is 0 Å². The summed E-state index contributed by atoms with van der Waals surface area (Å²) < 4.78 is 23.4. The molecule has 1 aliphatic rings. The van der Waals surface area contributed by atoms with Gasteiger partial charge in [0.25, 0.3) is 0 Å². The summed E-state index contributed by atoms with van der Waals surface area (Å²) in [5.74, 6) is -1.83. The van der Waals surface area contributed by atoms with Crippen LogP contribution in [-0.4, -0.2) is 37.5 Å². The fourth-order valence-electron chi connectivity index (χ4n) is 3.15. The normalized spacial score (nSPS) is 17.3. The van der Waals surface area contributed by atoms with Crippen LogP contribution < -0.4 is 5.32 Å². The molecule has 128 valence electrons. The standard InChI is InChI=1S/C16H22ClNO4S/c17-14-7-5-13(6-8-14)16(12-3-1-2-4-12)18-9-10-23(21,22)11-15(19)20/h5-8,12,16,18H,1-4,9-11H2,(H,19,20). The number of hydrogen-bond donors (Lipinski definition) is 2. The third-order valence-electron chi connectivity index (χ3n) is 4.22. The van der Waals surface area contributed by atoms with Crippen LogP contribution in [0.4, 0.5) is 0 Å². The monoisotopic (exact) mass is 359 g/mol. The lowest BCUT2D eigenvalue weighted by Crippen LogP contribution is -2.32. The van der Waals surface area contributed by atoms with Crippen LogP contribution in [0.2, 0.25) is 5.02 Å². The average molecular weight is 360 g/mol. The Bertz CT molecular complexity index is 624. The molecule has 0 aliphatic heterocycles. The summed E-state index contributed by atoms with van der Waals surface area (Å²) in [6.45, 7) is 0.249. The number of halogens is 1. The highest BCUT2D eigenvalue weighted by Crippen LogP contribution is 2.35. The molecule has 0 saturated heterocycles. The molecule has 1 unspecified atom stereocenters. The molecule has 0 radical (unpaired) electrons. The number of carbonyl (C=O) groups is 1. The number of rotatable bonds is 8. The van der Waals surface area contributed by atoms with Gasteiger partial charge in [0.2, 0.25) is 0 Å². The van der Waals surface area contributed by atoms with Gasteiger partial charge < -0.3 is 10.4 Å². The number of benzene rings is 1. The third-order valence-corrected chi connectivity index (χ3v) is 5.99. The van der Waals surface area contributed by atoms with E-state index in [1.807, 2.05) is 24.3 Å². The van der Waals surface area contributed by atoms with Crippen molar-refractivity contribution in [3.63, 3.8) is 0 Å². The number of aliphatic carboxylic acids is 1. The molecule has 1 atom stereocenters. The molecular weight excluding hydrogens is 338 g/mol. The zero-order valence-electron chi connectivity index (χ0n) is 12.9. The largest absolute Gasteiger partial charge is 0.480 e. The van der Waals surface area contributed by atoms with Gasteiger partial charge in [-0.25, -0.2) is 8.42 Å². The van der Waals surface area contributed by atoms with E-state index in [1.54, 1.807) is 0 Å². The van der Waals surface area contributed by atoms with Gasteiger partial charge >= 0.3 is 5.97 Å². The Morgan fingerprint density at radius 3 is 2.43 bits per heavy atom. The fourth-order valence-corrected chi connectivity index (χ4v) is 4.22. The van der Waals surface area contributed by atoms with Crippen LogP contribution in [0.3, 0.4) is 0 Å². The van der Waals surface area contributed by atoms with Gasteiger partial charge in [-0.05, 0) is 36.5 Å². The van der Waals surface area contributed by atoms with Gasteiger partial charge in [0.15, 0.2) is 9.84 Å². The molecule has 1 fully saturated rings. The topological polar surface area (TPSA) is 83.5 Å². The summed E-state index contributed by atoms with van der Waals surface area (Å²) in [4.78, 5) is 10.6. The van der Waals surface area contributed by atoms with E-state index in [2.05, 4.69) is 5.32 Å². The Hall–Kier alpha value is -1.11. The quantitative estimate of drug-likeness (QED) is 0.745. The predicted octanol–water partition coefficient (Wildman–Crippen LogP) is 2.66. The van der Waals surface area contributed by atoms with Crippen LogP contribution in [0, 0.1) is 5.92 Å². The van der Waals surface area contributed by atoms with Gasteiger partial charge in [0, 0.05) is 17.6 Å². The molecule has 0 heterocycles. The Balaban J connectivity index is 2.01. The van der Waals surface area contributed by atoms with E-state index in [0.717, 1.165) is 18.4 Å². The highest BCUT2D eigenvalue weighted by Gasteiger charge is 2.26. The molecule has 0 aromatic heterocycles. The van der Waals surface area contributed by atoms with Gasteiger partial charge in [-0.3, -0.25) is 4.79 Å². The first-order valence-corrected chi connectivity index (χ1v) is 9.98. The minimum absolute atomic E-state index is 0.0785. The van der Waals surface area contributed by atoms with Crippen molar-refractivity contribution in [2.24, 2.45) is 5.92 Å². The molecule has 2 rings (SSSR count). The lowest BCUT2D eigenvalue weighted by molar-refractivity contribution is -0.134. The van der Waals surface area contributed by atoms with Crippen molar-refractivity contribution in [2.45, 2.75) is 31.7 Å². The minimum atomic E-state index is -3.57. The van der Waals surface area contributed by atoms with Crippen molar-refractivity contribution in [3.8, 4) is 0 Å². The van der Waals surface area contributed by atoms with E-state index in [1.165, 1.54) is 12.8 Å². The highest BCUT2D eigenvalue weighted by atomic mass is 35.5. The van der Waals surface area contributed by atoms with Crippen LogP contribution in [0.1, 0.15) is 37.3 Å². The van der Waals surface area contributed by atoms with Gasteiger partial charge in [0.05, 0.1) is 5.75 Å². The number of sulfone groups is 1. The van der Waals surface area contributed by atoms with E-state index in [9.17, 15) is 13.2 Å². The second kappa shape index (κ2) is 8.13. The molecule has 1 aromatic rings. The van der Waals surface area contributed by atoms with Crippen molar-refractivity contribution >= 4 is 27.4 Å². The Labute approximate surface area is 142 Å². The van der Waals surface area contributed by atoms with E-state index in [-0.39, 0.29) is 18.3 Å². The molecule has 5 nitrogen and oxygen atoms in total. The summed E-state index contributed by atoms with van der Waals surface area (Å²) in [6.07, 6.45) is 4.60.